The second-order valence-corrected chi connectivity index (χ2v) is 5.17. The number of ether oxygens (including phenoxy) is 2. The van der Waals surface area contributed by atoms with Gasteiger partial charge in [0.05, 0.1) is 25.6 Å². The smallest absolute Gasteiger partial charge is 0.269 e. The number of hydrogen-bond acceptors (Lipinski definition) is 6. The first kappa shape index (κ1) is 18.7. The van der Waals surface area contributed by atoms with Crippen molar-refractivity contribution in [3.05, 3.63) is 63.7 Å². The van der Waals surface area contributed by atoms with E-state index in [-0.39, 0.29) is 17.7 Å². The number of nitro groups is 1. The molecule has 0 heterocycles. The van der Waals surface area contributed by atoms with Crippen molar-refractivity contribution in [1.29, 1.82) is 0 Å². The van der Waals surface area contributed by atoms with Crippen LogP contribution in [-0.4, -0.2) is 31.0 Å². The van der Waals surface area contributed by atoms with Crippen LogP contribution in [0.3, 0.4) is 0 Å². The molecule has 2 aromatic rings. The summed E-state index contributed by atoms with van der Waals surface area (Å²) in [5.41, 5.74) is 5.27. The van der Waals surface area contributed by atoms with E-state index in [1.54, 1.807) is 18.2 Å². The van der Waals surface area contributed by atoms with Crippen molar-refractivity contribution in [2.75, 3.05) is 14.2 Å². The van der Waals surface area contributed by atoms with Crippen molar-refractivity contribution in [2.24, 2.45) is 0 Å². The normalized spacial score (nSPS) is 9.92. The Hall–Kier alpha value is -3.62. The molecule has 0 saturated carbocycles. The summed E-state index contributed by atoms with van der Waals surface area (Å²) in [5, 5.41) is 10.6. The van der Waals surface area contributed by atoms with Gasteiger partial charge in [0.1, 0.15) is 0 Å². The number of nitrogens with zero attached hydrogens (tertiary/aromatic N) is 1. The molecule has 0 fully saturated rings. The van der Waals surface area contributed by atoms with Gasteiger partial charge in [-0.15, -0.1) is 0 Å². The third-order valence-electron chi connectivity index (χ3n) is 3.47. The number of carbonyl (C=O) groups is 2. The summed E-state index contributed by atoms with van der Waals surface area (Å²) in [6.45, 7) is 0. The Balaban J connectivity index is 1.92. The zero-order valence-corrected chi connectivity index (χ0v) is 14.1. The molecule has 2 rings (SSSR count). The second kappa shape index (κ2) is 8.47. The number of carbonyl (C=O) groups excluding carboxylic acids is 2. The highest BCUT2D eigenvalue weighted by Gasteiger charge is 2.12. The Morgan fingerprint density at radius 1 is 1.00 bits per heavy atom. The summed E-state index contributed by atoms with van der Waals surface area (Å²) in [6, 6.07) is 10.1. The first-order valence-electron chi connectivity index (χ1n) is 7.49. The zero-order chi connectivity index (χ0) is 19.1. The minimum absolute atomic E-state index is 0.0148. The number of nitrogens with one attached hydrogen (secondary N) is 2. The maximum Gasteiger partial charge on any atom is 0.269 e. The van der Waals surface area contributed by atoms with E-state index in [0.29, 0.717) is 17.1 Å². The highest BCUT2D eigenvalue weighted by atomic mass is 16.6. The van der Waals surface area contributed by atoms with Crippen molar-refractivity contribution in [2.45, 2.75) is 6.42 Å². The SMILES string of the molecule is COc1ccc(CC(=O)NNC(=O)c2ccc([N+](=O)[O-])cc2)cc1OC. The van der Waals surface area contributed by atoms with Crippen LogP contribution in [0.25, 0.3) is 0 Å². The Morgan fingerprint density at radius 3 is 2.23 bits per heavy atom. The van der Waals surface area contributed by atoms with E-state index in [1.807, 2.05) is 0 Å². The fourth-order valence-electron chi connectivity index (χ4n) is 2.15. The van der Waals surface area contributed by atoms with Crippen LogP contribution in [0, 0.1) is 10.1 Å². The number of non-ortho nitro benzene ring substituents is 1. The van der Waals surface area contributed by atoms with E-state index in [2.05, 4.69) is 10.9 Å². The molecule has 2 aromatic carbocycles. The van der Waals surface area contributed by atoms with E-state index in [1.165, 1.54) is 38.5 Å². The molecule has 9 nitrogen and oxygen atoms in total. The van der Waals surface area contributed by atoms with Crippen LogP contribution < -0.4 is 20.3 Å². The van der Waals surface area contributed by atoms with Crippen molar-refractivity contribution in [1.82, 2.24) is 10.9 Å². The Morgan fingerprint density at radius 2 is 1.65 bits per heavy atom. The Bertz CT molecular complexity index is 820. The van der Waals surface area contributed by atoms with Gasteiger partial charge in [-0.05, 0) is 29.8 Å². The Kier molecular flexibility index (Phi) is 6.10. The second-order valence-electron chi connectivity index (χ2n) is 5.17. The summed E-state index contributed by atoms with van der Waals surface area (Å²) < 4.78 is 10.3. The maximum absolute atomic E-state index is 12.0. The van der Waals surface area contributed by atoms with Gasteiger partial charge in [-0.1, -0.05) is 6.07 Å². The standard InChI is InChI=1S/C17H17N3O6/c1-25-14-8-3-11(9-15(14)26-2)10-16(21)18-19-17(22)12-4-6-13(7-5-12)20(23)24/h3-9H,10H2,1-2H3,(H,18,21)(H,19,22). The van der Waals surface area contributed by atoms with Gasteiger partial charge < -0.3 is 9.47 Å². The Labute approximate surface area is 149 Å². The van der Waals surface area contributed by atoms with Crippen LogP contribution in [0.4, 0.5) is 5.69 Å². The molecule has 0 aromatic heterocycles. The first-order chi connectivity index (χ1) is 12.4. The molecule has 0 saturated heterocycles. The number of hydrogen-bond donors (Lipinski definition) is 2. The number of amides is 2. The van der Waals surface area contributed by atoms with E-state index >= 15 is 0 Å². The molecule has 136 valence electrons. The zero-order valence-electron chi connectivity index (χ0n) is 14.1. The summed E-state index contributed by atoms with van der Waals surface area (Å²) >= 11 is 0. The molecule has 26 heavy (non-hydrogen) atoms. The van der Waals surface area contributed by atoms with Gasteiger partial charge in [0, 0.05) is 17.7 Å². The van der Waals surface area contributed by atoms with Crippen molar-refractivity contribution >= 4 is 17.5 Å². The lowest BCUT2D eigenvalue weighted by Crippen LogP contribution is -2.42. The third-order valence-corrected chi connectivity index (χ3v) is 3.47. The van der Waals surface area contributed by atoms with Gasteiger partial charge in [-0.3, -0.25) is 30.6 Å². The molecule has 0 aliphatic heterocycles. The molecule has 0 aliphatic rings. The fraction of sp³-hybridized carbons (Fsp3) is 0.176. The molecule has 2 N–H and O–H groups in total. The van der Waals surface area contributed by atoms with Gasteiger partial charge in [0.25, 0.3) is 11.6 Å². The predicted molar refractivity (Wildman–Crippen MR) is 92.0 cm³/mol. The van der Waals surface area contributed by atoms with Gasteiger partial charge in [-0.25, -0.2) is 0 Å². The van der Waals surface area contributed by atoms with Crippen molar-refractivity contribution in [3.8, 4) is 11.5 Å². The highest BCUT2D eigenvalue weighted by Crippen LogP contribution is 2.27. The van der Waals surface area contributed by atoms with Gasteiger partial charge in [0.2, 0.25) is 5.91 Å². The molecule has 0 aliphatic carbocycles. The number of methoxy groups -OCH3 is 2. The van der Waals surface area contributed by atoms with Gasteiger partial charge in [-0.2, -0.15) is 0 Å². The number of benzene rings is 2. The lowest BCUT2D eigenvalue weighted by molar-refractivity contribution is -0.384. The van der Waals surface area contributed by atoms with Crippen LogP contribution in [0.5, 0.6) is 11.5 Å². The number of nitro benzene ring substituents is 1. The van der Waals surface area contributed by atoms with Crippen LogP contribution in [-0.2, 0) is 11.2 Å². The molecule has 0 radical (unpaired) electrons. The van der Waals surface area contributed by atoms with E-state index in [4.69, 9.17) is 9.47 Å². The van der Waals surface area contributed by atoms with Crippen LogP contribution >= 0.6 is 0 Å². The van der Waals surface area contributed by atoms with Crippen molar-refractivity contribution in [3.63, 3.8) is 0 Å². The molecule has 9 heteroatoms. The average Bonchev–Trinajstić information content (AvgIpc) is 2.66. The highest BCUT2D eigenvalue weighted by molar-refractivity contribution is 5.95. The largest absolute Gasteiger partial charge is 0.493 e. The van der Waals surface area contributed by atoms with Crippen LogP contribution in [0.15, 0.2) is 42.5 Å². The average molecular weight is 359 g/mol. The third kappa shape index (κ3) is 4.69. The number of hydrazine groups is 1. The molecule has 2 amide bonds. The van der Waals surface area contributed by atoms with E-state index in [0.717, 1.165) is 0 Å². The summed E-state index contributed by atoms with van der Waals surface area (Å²) in [7, 11) is 3.00. The summed E-state index contributed by atoms with van der Waals surface area (Å²) in [6.07, 6.45) is 0.0148. The molecular formula is C17H17N3O6. The molecule has 0 spiro atoms. The lowest BCUT2D eigenvalue weighted by atomic mass is 10.1. The molecule has 0 unspecified atom stereocenters. The lowest BCUT2D eigenvalue weighted by Gasteiger charge is -2.10. The quantitative estimate of drug-likeness (QED) is 0.597. The molecule has 0 atom stereocenters. The summed E-state index contributed by atoms with van der Waals surface area (Å²) in [5.74, 6) is 0.0175. The maximum atomic E-state index is 12.0. The number of rotatable bonds is 6. The monoisotopic (exact) mass is 359 g/mol. The first-order valence-corrected chi connectivity index (χ1v) is 7.49. The molecular weight excluding hydrogens is 342 g/mol. The van der Waals surface area contributed by atoms with Crippen molar-refractivity contribution < 1.29 is 24.0 Å². The van der Waals surface area contributed by atoms with Crippen LogP contribution in [0.1, 0.15) is 15.9 Å². The fourth-order valence-corrected chi connectivity index (χ4v) is 2.15. The minimum atomic E-state index is -0.583. The van der Waals surface area contributed by atoms with E-state index in [9.17, 15) is 19.7 Å². The minimum Gasteiger partial charge on any atom is -0.493 e. The van der Waals surface area contributed by atoms with Gasteiger partial charge in [0.15, 0.2) is 11.5 Å². The van der Waals surface area contributed by atoms with E-state index < -0.39 is 16.7 Å². The predicted octanol–water partition coefficient (Wildman–Crippen LogP) is 1.62. The molecule has 0 bridgehead atoms. The van der Waals surface area contributed by atoms with Gasteiger partial charge >= 0.3 is 0 Å². The van der Waals surface area contributed by atoms with Crippen LogP contribution in [0.2, 0.25) is 0 Å². The summed E-state index contributed by atoms with van der Waals surface area (Å²) in [4.78, 5) is 33.9. The topological polar surface area (TPSA) is 120 Å².